The quantitative estimate of drug-likeness (QED) is 0.806. The van der Waals surface area contributed by atoms with Crippen LogP contribution in [0.3, 0.4) is 0 Å². The fraction of sp³-hybridized carbons (Fsp3) is 0.368. The Kier molecular flexibility index (Phi) is 5.50. The van der Waals surface area contributed by atoms with E-state index in [2.05, 4.69) is 27.3 Å². The van der Waals surface area contributed by atoms with Crippen LogP contribution < -0.4 is 10.1 Å². The maximum Gasteiger partial charge on any atom is 0.341 e. The molecule has 0 spiro atoms. The van der Waals surface area contributed by atoms with E-state index in [9.17, 15) is 4.79 Å². The molecule has 1 atom stereocenters. The topological polar surface area (TPSA) is 74.7 Å². The molecule has 1 aromatic carbocycles. The van der Waals surface area contributed by atoms with E-state index >= 15 is 0 Å². The summed E-state index contributed by atoms with van der Waals surface area (Å²) in [5.41, 5.74) is 2.48. The molecule has 0 aliphatic carbocycles. The molecule has 6 heteroatoms. The van der Waals surface area contributed by atoms with Crippen LogP contribution in [0.25, 0.3) is 0 Å². The zero-order valence-corrected chi connectivity index (χ0v) is 14.3. The normalized spacial score (nSPS) is 17.4. The second kappa shape index (κ2) is 7.98. The number of nitrogens with zero attached hydrogens (tertiary/aromatic N) is 2. The molecule has 2 heterocycles. The summed E-state index contributed by atoms with van der Waals surface area (Å²) in [7, 11) is 1.88. The van der Waals surface area contributed by atoms with Crippen LogP contribution in [0, 0.1) is 0 Å². The van der Waals surface area contributed by atoms with Crippen LogP contribution in [-0.4, -0.2) is 41.2 Å². The number of carbonyl (C=O) groups is 1. The van der Waals surface area contributed by atoms with Crippen molar-refractivity contribution < 1.29 is 14.6 Å². The molecule has 1 fully saturated rings. The Morgan fingerprint density at radius 2 is 2.16 bits per heavy atom. The first kappa shape index (κ1) is 17.2. The van der Waals surface area contributed by atoms with Crippen LogP contribution in [0.15, 0.2) is 42.6 Å². The summed E-state index contributed by atoms with van der Waals surface area (Å²) in [6.07, 6.45) is 4.18. The molecule has 0 amide bonds. The Bertz CT molecular complexity index is 718. The van der Waals surface area contributed by atoms with Gasteiger partial charge in [0.15, 0.2) is 6.61 Å². The van der Waals surface area contributed by atoms with Crippen molar-refractivity contribution in [3.8, 4) is 5.75 Å². The van der Waals surface area contributed by atoms with Crippen LogP contribution in [0.4, 0.5) is 5.82 Å². The van der Waals surface area contributed by atoms with Gasteiger partial charge in [-0.15, -0.1) is 0 Å². The SMILES string of the molecule is CNc1cc([C@@H]2CCCN2Cc2ccc(OCC(=O)O)cc2)ccn1. The van der Waals surface area contributed by atoms with Crippen molar-refractivity contribution in [2.75, 3.05) is 25.5 Å². The first-order valence-electron chi connectivity index (χ1n) is 8.47. The van der Waals surface area contributed by atoms with Gasteiger partial charge in [-0.3, -0.25) is 4.90 Å². The number of benzene rings is 1. The molecular formula is C19H23N3O3. The van der Waals surface area contributed by atoms with E-state index in [0.29, 0.717) is 11.8 Å². The van der Waals surface area contributed by atoms with Crippen molar-refractivity contribution >= 4 is 11.8 Å². The number of rotatable bonds is 7. The molecule has 25 heavy (non-hydrogen) atoms. The fourth-order valence-corrected chi connectivity index (χ4v) is 3.25. The predicted molar refractivity (Wildman–Crippen MR) is 95.7 cm³/mol. The minimum atomic E-state index is -0.970. The second-order valence-corrected chi connectivity index (χ2v) is 6.18. The van der Waals surface area contributed by atoms with Crippen molar-refractivity contribution in [3.63, 3.8) is 0 Å². The number of aromatic nitrogens is 1. The van der Waals surface area contributed by atoms with Crippen molar-refractivity contribution in [2.45, 2.75) is 25.4 Å². The highest BCUT2D eigenvalue weighted by Crippen LogP contribution is 2.33. The number of hydrogen-bond acceptors (Lipinski definition) is 5. The summed E-state index contributed by atoms with van der Waals surface area (Å²) in [5, 5.41) is 11.7. The molecule has 0 saturated carbocycles. The molecule has 1 aliphatic heterocycles. The van der Waals surface area contributed by atoms with Crippen LogP contribution in [-0.2, 0) is 11.3 Å². The zero-order valence-electron chi connectivity index (χ0n) is 14.3. The lowest BCUT2D eigenvalue weighted by Crippen LogP contribution is -2.22. The molecular weight excluding hydrogens is 318 g/mol. The molecule has 6 nitrogen and oxygen atoms in total. The summed E-state index contributed by atoms with van der Waals surface area (Å²) >= 11 is 0. The van der Waals surface area contributed by atoms with Gasteiger partial charge in [0.1, 0.15) is 11.6 Å². The number of likely N-dealkylation sites (tertiary alicyclic amines) is 1. The van der Waals surface area contributed by atoms with Crippen molar-refractivity contribution in [1.29, 1.82) is 0 Å². The zero-order chi connectivity index (χ0) is 17.6. The average Bonchev–Trinajstić information content (AvgIpc) is 3.09. The van der Waals surface area contributed by atoms with Crippen LogP contribution in [0.2, 0.25) is 0 Å². The van der Waals surface area contributed by atoms with Gasteiger partial charge in [0.05, 0.1) is 0 Å². The number of anilines is 1. The molecule has 1 aliphatic rings. The van der Waals surface area contributed by atoms with E-state index in [1.165, 1.54) is 17.5 Å². The number of hydrogen-bond donors (Lipinski definition) is 2. The first-order valence-corrected chi connectivity index (χ1v) is 8.47. The van der Waals surface area contributed by atoms with Gasteiger partial charge in [-0.2, -0.15) is 0 Å². The molecule has 132 valence electrons. The Morgan fingerprint density at radius 1 is 1.36 bits per heavy atom. The molecule has 0 unspecified atom stereocenters. The Morgan fingerprint density at radius 3 is 2.88 bits per heavy atom. The molecule has 2 N–H and O–H groups in total. The van der Waals surface area contributed by atoms with Gasteiger partial charge < -0.3 is 15.2 Å². The van der Waals surface area contributed by atoms with E-state index in [4.69, 9.17) is 9.84 Å². The summed E-state index contributed by atoms with van der Waals surface area (Å²) in [4.78, 5) is 17.3. The number of carboxylic acids is 1. The Balaban J connectivity index is 1.65. The molecule has 0 bridgehead atoms. The van der Waals surface area contributed by atoms with Crippen LogP contribution >= 0.6 is 0 Å². The maximum atomic E-state index is 10.5. The van der Waals surface area contributed by atoms with Gasteiger partial charge >= 0.3 is 5.97 Å². The third-order valence-electron chi connectivity index (χ3n) is 4.46. The highest BCUT2D eigenvalue weighted by atomic mass is 16.5. The molecule has 2 aromatic rings. The summed E-state index contributed by atoms with van der Waals surface area (Å²) in [5.74, 6) is 0.503. The van der Waals surface area contributed by atoms with E-state index < -0.39 is 5.97 Å². The van der Waals surface area contributed by atoms with Gasteiger partial charge in [-0.05, 0) is 54.8 Å². The van der Waals surface area contributed by atoms with Crippen molar-refractivity contribution in [2.24, 2.45) is 0 Å². The standard InChI is InChI=1S/C19H23N3O3/c1-20-18-11-15(8-9-21-18)17-3-2-10-22(17)12-14-4-6-16(7-5-14)25-13-19(23)24/h4-9,11,17H,2-3,10,12-13H2,1H3,(H,20,21)(H,23,24)/t17-/m0/s1. The molecule has 0 radical (unpaired) electrons. The van der Waals surface area contributed by atoms with E-state index in [0.717, 1.165) is 25.3 Å². The lowest BCUT2D eigenvalue weighted by molar-refractivity contribution is -0.139. The Hall–Kier alpha value is -2.60. The minimum absolute atomic E-state index is 0.316. The predicted octanol–water partition coefficient (Wildman–Crippen LogP) is 2.92. The van der Waals surface area contributed by atoms with Gasteiger partial charge in [0.25, 0.3) is 0 Å². The highest BCUT2D eigenvalue weighted by molar-refractivity contribution is 5.68. The van der Waals surface area contributed by atoms with Crippen LogP contribution in [0.1, 0.15) is 30.0 Å². The Labute approximate surface area is 147 Å². The average molecular weight is 341 g/mol. The lowest BCUT2D eigenvalue weighted by atomic mass is 10.1. The largest absolute Gasteiger partial charge is 0.482 e. The smallest absolute Gasteiger partial charge is 0.341 e. The summed E-state index contributed by atoms with van der Waals surface area (Å²) in [6, 6.07) is 12.3. The summed E-state index contributed by atoms with van der Waals surface area (Å²) < 4.78 is 5.18. The number of aliphatic carboxylic acids is 1. The lowest BCUT2D eigenvalue weighted by Gasteiger charge is -2.25. The van der Waals surface area contributed by atoms with Gasteiger partial charge in [0, 0.05) is 25.8 Å². The molecule has 1 saturated heterocycles. The number of ether oxygens (including phenoxy) is 1. The monoisotopic (exact) mass is 341 g/mol. The molecule has 1 aromatic heterocycles. The second-order valence-electron chi connectivity index (χ2n) is 6.18. The molecule has 3 rings (SSSR count). The minimum Gasteiger partial charge on any atom is -0.482 e. The first-order chi connectivity index (χ1) is 12.2. The third-order valence-corrected chi connectivity index (χ3v) is 4.46. The number of carboxylic acid groups (broad SMARTS) is 1. The van der Waals surface area contributed by atoms with E-state index in [1.807, 2.05) is 37.5 Å². The number of pyridine rings is 1. The van der Waals surface area contributed by atoms with E-state index in [-0.39, 0.29) is 6.61 Å². The highest BCUT2D eigenvalue weighted by Gasteiger charge is 2.26. The number of nitrogens with one attached hydrogen (secondary N) is 1. The van der Waals surface area contributed by atoms with Crippen molar-refractivity contribution in [1.82, 2.24) is 9.88 Å². The van der Waals surface area contributed by atoms with Gasteiger partial charge in [0.2, 0.25) is 0 Å². The van der Waals surface area contributed by atoms with E-state index in [1.54, 1.807) is 0 Å². The van der Waals surface area contributed by atoms with Crippen molar-refractivity contribution in [3.05, 3.63) is 53.7 Å². The van der Waals surface area contributed by atoms with Crippen LogP contribution in [0.5, 0.6) is 5.75 Å². The van der Waals surface area contributed by atoms with Gasteiger partial charge in [-0.25, -0.2) is 9.78 Å². The third kappa shape index (κ3) is 4.48. The maximum absolute atomic E-state index is 10.5. The summed E-state index contributed by atoms with van der Waals surface area (Å²) in [6.45, 7) is 1.61. The van der Waals surface area contributed by atoms with Gasteiger partial charge in [-0.1, -0.05) is 12.1 Å². The fourth-order valence-electron chi connectivity index (χ4n) is 3.25.